The maximum Gasteiger partial charge on any atom is 0.240 e. The van der Waals surface area contributed by atoms with E-state index in [2.05, 4.69) is 9.71 Å². The number of nitrogens with two attached hydrogens (primary N) is 1. The molecule has 0 aliphatic heterocycles. The molecule has 0 saturated carbocycles. The van der Waals surface area contributed by atoms with Crippen LogP contribution in [0.5, 0.6) is 0 Å². The summed E-state index contributed by atoms with van der Waals surface area (Å²) in [4.78, 5) is 3.92. The number of rotatable bonds is 5. The van der Waals surface area contributed by atoms with Crippen LogP contribution in [0.3, 0.4) is 0 Å². The minimum atomic E-state index is -3.71. The van der Waals surface area contributed by atoms with Crippen molar-refractivity contribution < 1.29 is 12.8 Å². The molecule has 0 atom stereocenters. The van der Waals surface area contributed by atoms with Crippen LogP contribution in [0.25, 0.3) is 0 Å². The SMILES string of the molecule is Cc1cc(S(=O)(=O)NCCc2cccnc2)cc(N)c1F. The van der Waals surface area contributed by atoms with Gasteiger partial charge in [0.05, 0.1) is 10.6 Å². The summed E-state index contributed by atoms with van der Waals surface area (Å²) in [6.07, 6.45) is 3.84. The van der Waals surface area contributed by atoms with Gasteiger partial charge < -0.3 is 5.73 Å². The molecule has 0 radical (unpaired) electrons. The number of halogens is 1. The summed E-state index contributed by atoms with van der Waals surface area (Å²) in [5, 5.41) is 0. The molecule has 0 saturated heterocycles. The average Bonchev–Trinajstić information content (AvgIpc) is 2.45. The Hall–Kier alpha value is -1.99. The summed E-state index contributed by atoms with van der Waals surface area (Å²) in [6, 6.07) is 6.03. The molecule has 0 aliphatic carbocycles. The summed E-state index contributed by atoms with van der Waals surface area (Å²) in [5.41, 5.74) is 6.41. The van der Waals surface area contributed by atoms with E-state index in [-0.39, 0.29) is 22.7 Å². The first-order valence-corrected chi connectivity index (χ1v) is 7.82. The van der Waals surface area contributed by atoms with Gasteiger partial charge in [0.25, 0.3) is 0 Å². The average molecular weight is 309 g/mol. The lowest BCUT2D eigenvalue weighted by Crippen LogP contribution is -2.26. The third kappa shape index (κ3) is 3.77. The van der Waals surface area contributed by atoms with Crippen LogP contribution >= 0.6 is 0 Å². The van der Waals surface area contributed by atoms with E-state index in [1.54, 1.807) is 18.5 Å². The molecule has 0 amide bonds. The maximum absolute atomic E-state index is 13.4. The van der Waals surface area contributed by atoms with Crippen LogP contribution in [0, 0.1) is 12.7 Å². The minimum Gasteiger partial charge on any atom is -0.396 e. The highest BCUT2D eigenvalue weighted by atomic mass is 32.2. The van der Waals surface area contributed by atoms with Gasteiger partial charge in [-0.25, -0.2) is 17.5 Å². The number of anilines is 1. The van der Waals surface area contributed by atoms with E-state index in [0.29, 0.717) is 6.42 Å². The number of hydrogen-bond donors (Lipinski definition) is 2. The molecule has 0 aliphatic rings. The van der Waals surface area contributed by atoms with Gasteiger partial charge in [0, 0.05) is 18.9 Å². The number of hydrogen-bond acceptors (Lipinski definition) is 4. The molecule has 0 unspecified atom stereocenters. The molecular weight excluding hydrogens is 293 g/mol. The third-order valence-corrected chi connectivity index (χ3v) is 4.44. The number of nitrogen functional groups attached to an aromatic ring is 1. The van der Waals surface area contributed by atoms with Crippen LogP contribution < -0.4 is 10.5 Å². The van der Waals surface area contributed by atoms with Gasteiger partial charge in [0.2, 0.25) is 10.0 Å². The predicted molar refractivity (Wildman–Crippen MR) is 78.7 cm³/mol. The second-order valence-electron chi connectivity index (χ2n) is 4.65. The van der Waals surface area contributed by atoms with Crippen molar-refractivity contribution >= 4 is 15.7 Å². The van der Waals surface area contributed by atoms with Crippen LogP contribution in [0.1, 0.15) is 11.1 Å². The molecule has 1 heterocycles. The summed E-state index contributed by atoms with van der Waals surface area (Å²) in [5.74, 6) is -0.593. The Labute approximate surface area is 123 Å². The predicted octanol–water partition coefficient (Wildman–Crippen LogP) is 1.63. The van der Waals surface area contributed by atoms with Gasteiger partial charge in [0.1, 0.15) is 5.82 Å². The Kier molecular flexibility index (Phi) is 4.54. The molecular formula is C14H16FN3O2S. The Balaban J connectivity index is 2.09. The summed E-state index contributed by atoms with van der Waals surface area (Å²) >= 11 is 0. The van der Waals surface area contributed by atoms with Gasteiger partial charge in [-0.3, -0.25) is 4.98 Å². The second kappa shape index (κ2) is 6.19. The molecule has 2 aromatic rings. The summed E-state index contributed by atoms with van der Waals surface area (Å²) in [7, 11) is -3.71. The van der Waals surface area contributed by atoms with Gasteiger partial charge in [-0.15, -0.1) is 0 Å². The normalized spacial score (nSPS) is 11.5. The highest BCUT2D eigenvalue weighted by Crippen LogP contribution is 2.20. The van der Waals surface area contributed by atoms with Gasteiger partial charge in [-0.05, 0) is 42.7 Å². The van der Waals surface area contributed by atoms with Crippen molar-refractivity contribution in [3.05, 3.63) is 53.6 Å². The number of pyridine rings is 1. The van der Waals surface area contributed by atoms with Crippen LogP contribution in [-0.2, 0) is 16.4 Å². The molecule has 21 heavy (non-hydrogen) atoms. The fourth-order valence-corrected chi connectivity index (χ4v) is 3.03. The van der Waals surface area contributed by atoms with E-state index in [9.17, 15) is 12.8 Å². The van der Waals surface area contributed by atoms with Crippen molar-refractivity contribution in [1.82, 2.24) is 9.71 Å². The first kappa shape index (κ1) is 15.4. The zero-order valence-electron chi connectivity index (χ0n) is 11.5. The quantitative estimate of drug-likeness (QED) is 0.822. The standard InChI is InChI=1S/C14H16FN3O2S/c1-10-7-12(8-13(16)14(10)15)21(19,20)18-6-4-11-3-2-5-17-9-11/h2-3,5,7-9,18H,4,6,16H2,1H3. The Morgan fingerprint density at radius 1 is 1.38 bits per heavy atom. The lowest BCUT2D eigenvalue weighted by molar-refractivity contribution is 0.580. The van der Waals surface area contributed by atoms with E-state index < -0.39 is 15.8 Å². The third-order valence-electron chi connectivity index (χ3n) is 3.00. The van der Waals surface area contributed by atoms with Crippen molar-refractivity contribution in [2.75, 3.05) is 12.3 Å². The number of sulfonamides is 1. The topological polar surface area (TPSA) is 85.1 Å². The maximum atomic E-state index is 13.4. The first-order chi connectivity index (χ1) is 9.90. The van der Waals surface area contributed by atoms with Crippen molar-refractivity contribution in [3.8, 4) is 0 Å². The largest absolute Gasteiger partial charge is 0.396 e. The lowest BCUT2D eigenvalue weighted by Gasteiger charge is -2.09. The molecule has 1 aromatic carbocycles. The fourth-order valence-electron chi connectivity index (χ4n) is 1.88. The van der Waals surface area contributed by atoms with Crippen LogP contribution in [-0.4, -0.2) is 19.9 Å². The monoisotopic (exact) mass is 309 g/mol. The number of aromatic nitrogens is 1. The number of nitrogens with one attached hydrogen (secondary N) is 1. The molecule has 0 spiro atoms. The molecule has 3 N–H and O–H groups in total. The van der Waals surface area contributed by atoms with Crippen molar-refractivity contribution in [2.24, 2.45) is 0 Å². The summed E-state index contributed by atoms with van der Waals surface area (Å²) in [6.45, 7) is 1.70. The molecule has 2 rings (SSSR count). The highest BCUT2D eigenvalue weighted by molar-refractivity contribution is 7.89. The van der Waals surface area contributed by atoms with Crippen LogP contribution in [0.4, 0.5) is 10.1 Å². The Bertz CT molecular complexity index is 710. The Morgan fingerprint density at radius 3 is 2.76 bits per heavy atom. The van der Waals surface area contributed by atoms with E-state index in [0.717, 1.165) is 11.6 Å². The van der Waals surface area contributed by atoms with Crippen molar-refractivity contribution in [1.29, 1.82) is 0 Å². The van der Waals surface area contributed by atoms with E-state index in [1.165, 1.54) is 13.0 Å². The fraction of sp³-hybridized carbons (Fsp3) is 0.214. The summed E-state index contributed by atoms with van der Waals surface area (Å²) < 4.78 is 40.2. The first-order valence-electron chi connectivity index (χ1n) is 6.34. The molecule has 0 fully saturated rings. The van der Waals surface area contributed by atoms with Crippen LogP contribution in [0.2, 0.25) is 0 Å². The molecule has 7 heteroatoms. The number of aryl methyl sites for hydroxylation is 1. The van der Waals surface area contributed by atoms with Gasteiger partial charge in [-0.1, -0.05) is 6.07 Å². The van der Waals surface area contributed by atoms with Crippen LogP contribution in [0.15, 0.2) is 41.6 Å². The van der Waals surface area contributed by atoms with Gasteiger partial charge in [-0.2, -0.15) is 0 Å². The highest BCUT2D eigenvalue weighted by Gasteiger charge is 2.16. The molecule has 112 valence electrons. The number of benzene rings is 1. The second-order valence-corrected chi connectivity index (χ2v) is 6.42. The van der Waals surface area contributed by atoms with Gasteiger partial charge in [0.15, 0.2) is 0 Å². The minimum absolute atomic E-state index is 0.0370. The van der Waals surface area contributed by atoms with Crippen molar-refractivity contribution in [2.45, 2.75) is 18.2 Å². The van der Waals surface area contributed by atoms with E-state index in [1.807, 2.05) is 6.07 Å². The zero-order chi connectivity index (χ0) is 15.5. The van der Waals surface area contributed by atoms with Crippen molar-refractivity contribution in [3.63, 3.8) is 0 Å². The zero-order valence-corrected chi connectivity index (χ0v) is 12.3. The molecule has 5 nitrogen and oxygen atoms in total. The van der Waals surface area contributed by atoms with Gasteiger partial charge >= 0.3 is 0 Å². The van der Waals surface area contributed by atoms with E-state index >= 15 is 0 Å². The molecule has 0 bridgehead atoms. The smallest absolute Gasteiger partial charge is 0.240 e. The lowest BCUT2D eigenvalue weighted by atomic mass is 10.2. The molecule has 1 aromatic heterocycles. The number of nitrogens with zero attached hydrogens (tertiary/aromatic N) is 1. The van der Waals surface area contributed by atoms with E-state index in [4.69, 9.17) is 5.73 Å². The Morgan fingerprint density at radius 2 is 2.14 bits per heavy atom.